The Kier molecular flexibility index (Phi) is 11.3. The van der Waals surface area contributed by atoms with Crippen LogP contribution in [-0.2, 0) is 22.4 Å². The highest BCUT2D eigenvalue weighted by molar-refractivity contribution is 5.86. The predicted octanol–water partition coefficient (Wildman–Crippen LogP) is 7.80. The lowest BCUT2D eigenvalue weighted by molar-refractivity contribution is -0.139. The number of carbonyl (C=O) groups excluding carboxylic acids is 1. The van der Waals surface area contributed by atoms with Gasteiger partial charge in [0.05, 0.1) is 6.61 Å². The first-order chi connectivity index (χ1) is 17.8. The summed E-state index contributed by atoms with van der Waals surface area (Å²) in [5.41, 5.74) is 3.05. The molecule has 1 aliphatic carbocycles. The summed E-state index contributed by atoms with van der Waals surface area (Å²) in [7, 11) is 0. The van der Waals surface area contributed by atoms with Crippen LogP contribution >= 0.6 is 0 Å². The smallest absolute Gasteiger partial charge is 0.333 e. The second-order valence-electron chi connectivity index (χ2n) is 10.7. The van der Waals surface area contributed by atoms with Crippen molar-refractivity contribution in [1.29, 1.82) is 0 Å². The molecule has 0 aromatic heterocycles. The largest absolute Gasteiger partial charge is 0.462 e. The third kappa shape index (κ3) is 8.49. The van der Waals surface area contributed by atoms with Gasteiger partial charge in [0.15, 0.2) is 0 Å². The average molecular weight is 513 g/mol. The second-order valence-corrected chi connectivity index (χ2v) is 10.7. The highest BCUT2D eigenvalue weighted by Gasteiger charge is 2.24. The number of carbonyl (C=O) groups is 1. The highest BCUT2D eigenvalue weighted by atomic mass is 19.1. The quantitative estimate of drug-likeness (QED) is 0.169. The Morgan fingerprint density at radius 2 is 1.81 bits per heavy atom. The minimum atomic E-state index is -0.538. The van der Waals surface area contributed by atoms with Crippen molar-refractivity contribution in [1.82, 2.24) is 0 Å². The van der Waals surface area contributed by atoms with Crippen molar-refractivity contribution in [3.8, 4) is 0 Å². The molecular formula is C32H42F2O3. The summed E-state index contributed by atoms with van der Waals surface area (Å²) in [4.78, 5) is 11.6. The van der Waals surface area contributed by atoms with Gasteiger partial charge in [0.2, 0.25) is 0 Å². The van der Waals surface area contributed by atoms with Gasteiger partial charge in [-0.3, -0.25) is 0 Å². The monoisotopic (exact) mass is 512 g/mol. The molecule has 0 amide bonds. The lowest BCUT2D eigenvalue weighted by Gasteiger charge is -2.29. The average Bonchev–Trinajstić information content (AvgIpc) is 2.89. The lowest BCUT2D eigenvalue weighted by atomic mass is 9.76. The summed E-state index contributed by atoms with van der Waals surface area (Å²) in [6, 6.07) is 10.4. The molecule has 1 atom stereocenters. The number of hydrogen-bond acceptors (Lipinski definition) is 3. The highest BCUT2D eigenvalue weighted by Crippen LogP contribution is 2.38. The van der Waals surface area contributed by atoms with Gasteiger partial charge in [-0.2, -0.15) is 0 Å². The molecule has 0 spiro atoms. The van der Waals surface area contributed by atoms with Crippen molar-refractivity contribution >= 4 is 5.97 Å². The Hall–Kier alpha value is -2.53. The first kappa shape index (κ1) is 29.0. The van der Waals surface area contributed by atoms with Gasteiger partial charge in [0.25, 0.3) is 0 Å². The van der Waals surface area contributed by atoms with Crippen molar-refractivity contribution in [2.24, 2.45) is 5.92 Å². The Morgan fingerprint density at radius 1 is 1.05 bits per heavy atom. The van der Waals surface area contributed by atoms with Gasteiger partial charge < -0.3 is 9.84 Å². The molecule has 1 fully saturated rings. The van der Waals surface area contributed by atoms with E-state index in [1.165, 1.54) is 44.6 Å². The van der Waals surface area contributed by atoms with E-state index in [0.29, 0.717) is 29.9 Å². The standard InChI is InChI=1S/C32H42F2O3/c1-4-5-6-7-23-8-12-25(13-9-23)29-17-11-24(18-31(29)34)10-14-26-15-16-27(19-30(26)33)28(20-35)21-37-32(36)22(2)3/h11,15-19,23,25,28,35H,2,4-10,12-14,20-21H2,1,3H3. The van der Waals surface area contributed by atoms with Gasteiger partial charge in [0, 0.05) is 11.5 Å². The molecule has 37 heavy (non-hydrogen) atoms. The Bertz CT molecular complexity index is 1040. The molecule has 0 heterocycles. The molecule has 2 aromatic carbocycles. The zero-order chi connectivity index (χ0) is 26.8. The van der Waals surface area contributed by atoms with Crippen LogP contribution in [0.4, 0.5) is 8.78 Å². The maximum Gasteiger partial charge on any atom is 0.333 e. The summed E-state index contributed by atoms with van der Waals surface area (Å²) in [6.07, 6.45) is 10.7. The second kappa shape index (κ2) is 14.4. The van der Waals surface area contributed by atoms with Crippen LogP contribution in [0.3, 0.4) is 0 Å². The number of benzene rings is 2. The molecule has 3 rings (SSSR count). The summed E-state index contributed by atoms with van der Waals surface area (Å²) < 4.78 is 34.9. The van der Waals surface area contributed by atoms with Crippen molar-refractivity contribution in [2.75, 3.05) is 13.2 Å². The fourth-order valence-electron chi connectivity index (χ4n) is 5.36. The van der Waals surface area contributed by atoms with E-state index in [1.54, 1.807) is 25.1 Å². The third-order valence-electron chi connectivity index (χ3n) is 7.78. The number of aliphatic hydroxyl groups is 1. The minimum Gasteiger partial charge on any atom is -0.462 e. The summed E-state index contributed by atoms with van der Waals surface area (Å²) in [6.45, 7) is 6.99. The molecular weight excluding hydrogens is 470 g/mol. The van der Waals surface area contributed by atoms with E-state index in [1.807, 2.05) is 12.1 Å². The molecule has 202 valence electrons. The number of esters is 1. The van der Waals surface area contributed by atoms with Gasteiger partial charge in [-0.15, -0.1) is 0 Å². The molecule has 0 radical (unpaired) electrons. The van der Waals surface area contributed by atoms with Crippen molar-refractivity contribution in [3.05, 3.63) is 82.4 Å². The fraction of sp³-hybridized carbons (Fsp3) is 0.531. The molecule has 0 saturated heterocycles. The number of unbranched alkanes of at least 4 members (excludes halogenated alkanes) is 2. The van der Waals surface area contributed by atoms with Crippen LogP contribution < -0.4 is 0 Å². The molecule has 1 aliphatic rings. The van der Waals surface area contributed by atoms with E-state index in [2.05, 4.69) is 13.5 Å². The Labute approximate surface area is 220 Å². The normalized spacial score (nSPS) is 18.4. The fourth-order valence-corrected chi connectivity index (χ4v) is 5.36. The number of hydrogen-bond donors (Lipinski definition) is 1. The summed E-state index contributed by atoms with van der Waals surface area (Å²) in [5.74, 6) is -0.474. The molecule has 1 unspecified atom stereocenters. The van der Waals surface area contributed by atoms with Crippen LogP contribution in [0.5, 0.6) is 0 Å². The maximum atomic E-state index is 15.0. The van der Waals surface area contributed by atoms with E-state index in [0.717, 1.165) is 29.9 Å². The number of aryl methyl sites for hydroxylation is 2. The molecule has 1 N–H and O–H groups in total. The van der Waals surface area contributed by atoms with Crippen molar-refractivity contribution in [2.45, 2.75) is 89.9 Å². The number of rotatable bonds is 13. The first-order valence-corrected chi connectivity index (χ1v) is 13.8. The number of aliphatic hydroxyl groups excluding tert-OH is 1. The maximum absolute atomic E-state index is 15.0. The topological polar surface area (TPSA) is 46.5 Å². The van der Waals surface area contributed by atoms with Gasteiger partial charge in [0.1, 0.15) is 18.2 Å². The zero-order valence-electron chi connectivity index (χ0n) is 22.4. The van der Waals surface area contributed by atoms with Crippen LogP contribution in [0.15, 0.2) is 48.6 Å². The van der Waals surface area contributed by atoms with Gasteiger partial charge >= 0.3 is 5.97 Å². The molecule has 3 nitrogen and oxygen atoms in total. The van der Waals surface area contributed by atoms with Crippen LogP contribution in [0.25, 0.3) is 0 Å². The molecule has 1 saturated carbocycles. The van der Waals surface area contributed by atoms with Crippen molar-refractivity contribution in [3.63, 3.8) is 0 Å². The first-order valence-electron chi connectivity index (χ1n) is 13.8. The number of ether oxygens (including phenoxy) is 1. The predicted molar refractivity (Wildman–Crippen MR) is 145 cm³/mol. The zero-order valence-corrected chi connectivity index (χ0v) is 22.4. The lowest BCUT2D eigenvalue weighted by Crippen LogP contribution is -2.16. The third-order valence-corrected chi connectivity index (χ3v) is 7.78. The van der Waals surface area contributed by atoms with E-state index in [-0.39, 0.29) is 30.4 Å². The molecule has 2 aromatic rings. The van der Waals surface area contributed by atoms with Crippen LogP contribution in [0, 0.1) is 17.6 Å². The van der Waals surface area contributed by atoms with E-state index in [4.69, 9.17) is 4.74 Å². The van der Waals surface area contributed by atoms with E-state index >= 15 is 4.39 Å². The van der Waals surface area contributed by atoms with E-state index in [9.17, 15) is 14.3 Å². The van der Waals surface area contributed by atoms with Gasteiger partial charge in [-0.05, 0) is 91.7 Å². The minimum absolute atomic E-state index is 0.0485. The van der Waals surface area contributed by atoms with Crippen LogP contribution in [0.2, 0.25) is 0 Å². The Morgan fingerprint density at radius 3 is 2.43 bits per heavy atom. The van der Waals surface area contributed by atoms with Gasteiger partial charge in [-0.25, -0.2) is 13.6 Å². The summed E-state index contributed by atoms with van der Waals surface area (Å²) in [5, 5.41) is 9.67. The summed E-state index contributed by atoms with van der Waals surface area (Å²) >= 11 is 0. The van der Waals surface area contributed by atoms with Crippen LogP contribution in [0.1, 0.15) is 99.3 Å². The van der Waals surface area contributed by atoms with E-state index < -0.39 is 11.9 Å². The molecule has 0 aliphatic heterocycles. The van der Waals surface area contributed by atoms with Crippen LogP contribution in [-0.4, -0.2) is 24.3 Å². The SMILES string of the molecule is C=C(C)C(=O)OCC(CO)c1ccc(CCc2ccc(C3CCC(CCCCC)CC3)c(F)c2)c(F)c1. The Balaban J connectivity index is 1.54. The van der Waals surface area contributed by atoms with Gasteiger partial charge in [-0.1, -0.05) is 63.5 Å². The van der Waals surface area contributed by atoms with Crippen molar-refractivity contribution < 1.29 is 23.4 Å². The number of halogens is 2. The molecule has 5 heteroatoms. The molecule has 0 bridgehead atoms.